The largest absolute Gasteiger partial charge is 0.382 e. The van der Waals surface area contributed by atoms with Crippen molar-refractivity contribution in [3.8, 4) is 0 Å². The standard InChI is InChI=1S/C14H14FNO/c1-9-3-4-10(2)12(7-9)14(17)13-6-5-11(15)8-16-13/h3-8,14,17H,1-2H3. The van der Waals surface area contributed by atoms with Crippen molar-refractivity contribution < 1.29 is 9.50 Å². The van der Waals surface area contributed by atoms with Crippen LogP contribution in [0.15, 0.2) is 36.5 Å². The minimum Gasteiger partial charge on any atom is -0.382 e. The van der Waals surface area contributed by atoms with Crippen LogP contribution >= 0.6 is 0 Å². The molecule has 0 bridgehead atoms. The van der Waals surface area contributed by atoms with Crippen LogP contribution in [0.25, 0.3) is 0 Å². The Morgan fingerprint density at radius 1 is 1.18 bits per heavy atom. The number of aliphatic hydroxyl groups is 1. The number of rotatable bonds is 2. The van der Waals surface area contributed by atoms with Gasteiger partial charge in [0.15, 0.2) is 0 Å². The third-order valence-corrected chi connectivity index (χ3v) is 2.76. The predicted molar refractivity (Wildman–Crippen MR) is 64.2 cm³/mol. The molecule has 1 atom stereocenters. The first-order chi connectivity index (χ1) is 8.08. The number of pyridine rings is 1. The van der Waals surface area contributed by atoms with Gasteiger partial charge in [-0.2, -0.15) is 0 Å². The van der Waals surface area contributed by atoms with Gasteiger partial charge in [-0.05, 0) is 37.1 Å². The van der Waals surface area contributed by atoms with Gasteiger partial charge in [0.05, 0.1) is 11.9 Å². The molecule has 0 amide bonds. The predicted octanol–water partition coefficient (Wildman–Crippen LogP) is 2.92. The van der Waals surface area contributed by atoms with Crippen LogP contribution in [0, 0.1) is 19.7 Å². The normalized spacial score (nSPS) is 12.5. The molecular formula is C14H14FNO. The molecule has 2 rings (SSSR count). The van der Waals surface area contributed by atoms with Gasteiger partial charge in [-0.25, -0.2) is 4.39 Å². The molecule has 0 aliphatic heterocycles. The Morgan fingerprint density at radius 3 is 2.59 bits per heavy atom. The molecule has 1 N–H and O–H groups in total. The van der Waals surface area contributed by atoms with E-state index in [9.17, 15) is 9.50 Å². The number of hydrogen-bond acceptors (Lipinski definition) is 2. The van der Waals surface area contributed by atoms with Crippen LogP contribution in [-0.2, 0) is 0 Å². The summed E-state index contributed by atoms with van der Waals surface area (Å²) < 4.78 is 12.8. The lowest BCUT2D eigenvalue weighted by Crippen LogP contribution is -2.04. The van der Waals surface area contributed by atoms with Crippen molar-refractivity contribution in [2.24, 2.45) is 0 Å². The molecule has 2 nitrogen and oxygen atoms in total. The van der Waals surface area contributed by atoms with E-state index in [0.29, 0.717) is 5.69 Å². The molecule has 0 fully saturated rings. The number of aliphatic hydroxyl groups excluding tert-OH is 1. The fraction of sp³-hybridized carbons (Fsp3) is 0.214. The van der Waals surface area contributed by atoms with Crippen LogP contribution in [-0.4, -0.2) is 10.1 Å². The molecule has 0 radical (unpaired) electrons. The van der Waals surface area contributed by atoms with E-state index in [1.54, 1.807) is 0 Å². The van der Waals surface area contributed by atoms with Gasteiger partial charge in [0, 0.05) is 0 Å². The van der Waals surface area contributed by atoms with Gasteiger partial charge in [-0.15, -0.1) is 0 Å². The van der Waals surface area contributed by atoms with Gasteiger partial charge in [0.2, 0.25) is 0 Å². The van der Waals surface area contributed by atoms with Gasteiger partial charge in [0.25, 0.3) is 0 Å². The van der Waals surface area contributed by atoms with Gasteiger partial charge in [0.1, 0.15) is 11.9 Å². The monoisotopic (exact) mass is 231 g/mol. The lowest BCUT2D eigenvalue weighted by molar-refractivity contribution is 0.214. The molecule has 0 aliphatic carbocycles. The number of halogens is 1. The molecule has 0 aliphatic rings. The van der Waals surface area contributed by atoms with E-state index < -0.39 is 11.9 Å². The van der Waals surface area contributed by atoms with E-state index in [0.717, 1.165) is 22.9 Å². The maximum absolute atomic E-state index is 12.8. The lowest BCUT2D eigenvalue weighted by Gasteiger charge is -2.14. The fourth-order valence-corrected chi connectivity index (χ4v) is 1.76. The molecule has 0 saturated carbocycles. The Bertz CT molecular complexity index is 522. The van der Waals surface area contributed by atoms with Crippen molar-refractivity contribution in [2.75, 3.05) is 0 Å². The van der Waals surface area contributed by atoms with Crippen molar-refractivity contribution in [2.45, 2.75) is 20.0 Å². The van der Waals surface area contributed by atoms with Crippen LogP contribution in [0.5, 0.6) is 0 Å². The zero-order valence-electron chi connectivity index (χ0n) is 9.81. The molecule has 0 saturated heterocycles. The highest BCUT2D eigenvalue weighted by Crippen LogP contribution is 2.24. The van der Waals surface area contributed by atoms with Crippen molar-refractivity contribution in [1.82, 2.24) is 4.98 Å². The number of benzene rings is 1. The second kappa shape index (κ2) is 4.63. The summed E-state index contributed by atoms with van der Waals surface area (Å²) in [5, 5.41) is 10.2. The summed E-state index contributed by atoms with van der Waals surface area (Å²) >= 11 is 0. The summed E-state index contributed by atoms with van der Waals surface area (Å²) in [4.78, 5) is 3.90. The highest BCUT2D eigenvalue weighted by molar-refractivity contribution is 5.35. The summed E-state index contributed by atoms with van der Waals surface area (Å²) in [6.07, 6.45) is 0.305. The summed E-state index contributed by atoms with van der Waals surface area (Å²) in [6, 6.07) is 8.67. The van der Waals surface area contributed by atoms with Crippen LogP contribution < -0.4 is 0 Å². The zero-order valence-corrected chi connectivity index (χ0v) is 9.81. The van der Waals surface area contributed by atoms with Crippen molar-refractivity contribution in [1.29, 1.82) is 0 Å². The van der Waals surface area contributed by atoms with Crippen LogP contribution in [0.3, 0.4) is 0 Å². The minimum atomic E-state index is -0.810. The molecule has 1 aromatic heterocycles. The topological polar surface area (TPSA) is 33.1 Å². The average molecular weight is 231 g/mol. The molecule has 1 unspecified atom stereocenters. The highest BCUT2D eigenvalue weighted by atomic mass is 19.1. The van der Waals surface area contributed by atoms with E-state index >= 15 is 0 Å². The Morgan fingerprint density at radius 2 is 1.94 bits per heavy atom. The Balaban J connectivity index is 2.39. The Hall–Kier alpha value is -1.74. The van der Waals surface area contributed by atoms with Gasteiger partial charge < -0.3 is 5.11 Å². The molecule has 2 aromatic rings. The molecule has 3 heteroatoms. The van der Waals surface area contributed by atoms with Crippen LogP contribution in [0.4, 0.5) is 4.39 Å². The smallest absolute Gasteiger partial charge is 0.141 e. The van der Waals surface area contributed by atoms with Gasteiger partial charge >= 0.3 is 0 Å². The number of nitrogens with zero attached hydrogens (tertiary/aromatic N) is 1. The SMILES string of the molecule is Cc1ccc(C)c(C(O)c2ccc(F)cn2)c1. The zero-order chi connectivity index (χ0) is 12.4. The maximum Gasteiger partial charge on any atom is 0.141 e. The molecule has 1 aromatic carbocycles. The molecule has 1 heterocycles. The first-order valence-electron chi connectivity index (χ1n) is 5.44. The first kappa shape index (κ1) is 11.7. The van der Waals surface area contributed by atoms with Gasteiger partial charge in [-0.3, -0.25) is 4.98 Å². The quantitative estimate of drug-likeness (QED) is 0.862. The van der Waals surface area contributed by atoms with Gasteiger partial charge in [-0.1, -0.05) is 23.8 Å². The van der Waals surface area contributed by atoms with Crippen molar-refractivity contribution in [3.63, 3.8) is 0 Å². The number of aryl methyl sites for hydroxylation is 2. The highest BCUT2D eigenvalue weighted by Gasteiger charge is 2.14. The number of aromatic nitrogens is 1. The second-order valence-electron chi connectivity index (χ2n) is 4.16. The van der Waals surface area contributed by atoms with E-state index in [1.165, 1.54) is 12.1 Å². The summed E-state index contributed by atoms with van der Waals surface area (Å²) in [6.45, 7) is 3.90. The molecular weight excluding hydrogens is 217 g/mol. The minimum absolute atomic E-state index is 0.401. The van der Waals surface area contributed by atoms with Crippen molar-refractivity contribution >= 4 is 0 Å². The van der Waals surface area contributed by atoms with Crippen LogP contribution in [0.1, 0.15) is 28.5 Å². The average Bonchev–Trinajstić information content (AvgIpc) is 2.32. The lowest BCUT2D eigenvalue weighted by atomic mass is 9.98. The second-order valence-corrected chi connectivity index (χ2v) is 4.16. The van der Waals surface area contributed by atoms with Crippen LogP contribution in [0.2, 0.25) is 0 Å². The van der Waals surface area contributed by atoms with E-state index in [2.05, 4.69) is 4.98 Å². The third-order valence-electron chi connectivity index (χ3n) is 2.76. The summed E-state index contributed by atoms with van der Waals surface area (Å²) in [5.74, 6) is -0.401. The summed E-state index contributed by atoms with van der Waals surface area (Å²) in [5.41, 5.74) is 3.34. The van der Waals surface area contributed by atoms with E-state index in [-0.39, 0.29) is 0 Å². The molecule has 0 spiro atoms. The first-order valence-corrected chi connectivity index (χ1v) is 5.44. The molecule has 88 valence electrons. The van der Waals surface area contributed by atoms with E-state index in [4.69, 9.17) is 0 Å². The molecule has 17 heavy (non-hydrogen) atoms. The van der Waals surface area contributed by atoms with E-state index in [1.807, 2.05) is 32.0 Å². The van der Waals surface area contributed by atoms with Crippen molar-refractivity contribution in [3.05, 3.63) is 64.7 Å². The fourth-order valence-electron chi connectivity index (χ4n) is 1.76. The third kappa shape index (κ3) is 2.50. The Labute approximate surface area is 99.8 Å². The number of hydrogen-bond donors (Lipinski definition) is 1. The summed E-state index contributed by atoms with van der Waals surface area (Å²) in [7, 11) is 0. The maximum atomic E-state index is 12.8. The Kier molecular flexibility index (Phi) is 3.20.